The van der Waals surface area contributed by atoms with Gasteiger partial charge in [0.15, 0.2) is 11.5 Å². The number of unbranched alkanes of at least 4 members (excludes halogenated alkanes) is 2. The lowest BCUT2D eigenvalue weighted by molar-refractivity contribution is 0.0139. The number of nitrogens with zero attached hydrogens (tertiary/aromatic N) is 4. The van der Waals surface area contributed by atoms with Crippen molar-refractivity contribution in [3.05, 3.63) is 47.5 Å². The summed E-state index contributed by atoms with van der Waals surface area (Å²) in [4.78, 5) is 33.9. The van der Waals surface area contributed by atoms with Crippen LogP contribution < -0.4 is 19.1 Å². The standard InChI is InChI=1S/C34H50N4O6/c1-7-8-9-21-43-31-23-28(13-14-29(31)41-5)38-16-10-15-37(32(38)39)25-27-12-11-26(22-30(27)42-6)24-35-17-19-36(20-18-35)33(40)44-34(2,3)4/h11-14,22-23H,7-10,15-21,24-25H2,1-6H3. The number of methoxy groups -OCH3 is 2. The summed E-state index contributed by atoms with van der Waals surface area (Å²) < 4.78 is 22.8. The molecule has 2 fully saturated rings. The molecule has 2 heterocycles. The number of ether oxygens (including phenoxy) is 4. The fourth-order valence-corrected chi connectivity index (χ4v) is 5.54. The molecule has 0 atom stereocenters. The minimum absolute atomic E-state index is 0.0349. The molecule has 0 N–H and O–H groups in total. The van der Waals surface area contributed by atoms with Crippen molar-refractivity contribution in [2.24, 2.45) is 0 Å². The Labute approximate surface area is 262 Å². The molecule has 2 saturated heterocycles. The van der Waals surface area contributed by atoms with Crippen LogP contribution in [0.2, 0.25) is 0 Å². The number of amides is 3. The molecule has 2 aromatic carbocycles. The summed E-state index contributed by atoms with van der Waals surface area (Å²) in [6, 6.07) is 11.9. The van der Waals surface area contributed by atoms with Crippen molar-refractivity contribution in [2.75, 3.05) is 65.0 Å². The number of rotatable bonds is 12. The van der Waals surface area contributed by atoms with Gasteiger partial charge in [-0.2, -0.15) is 0 Å². The van der Waals surface area contributed by atoms with Gasteiger partial charge in [0, 0.05) is 63.1 Å². The van der Waals surface area contributed by atoms with Crippen molar-refractivity contribution in [1.82, 2.24) is 14.7 Å². The molecule has 10 heteroatoms. The predicted octanol–water partition coefficient (Wildman–Crippen LogP) is 6.16. The number of hydrogen-bond acceptors (Lipinski definition) is 7. The molecule has 0 unspecified atom stereocenters. The third-order valence-electron chi connectivity index (χ3n) is 7.92. The molecule has 2 aliphatic heterocycles. The third-order valence-corrected chi connectivity index (χ3v) is 7.92. The first-order valence-corrected chi connectivity index (χ1v) is 15.8. The molecule has 0 bridgehead atoms. The van der Waals surface area contributed by atoms with E-state index in [-0.39, 0.29) is 12.1 Å². The van der Waals surface area contributed by atoms with Crippen LogP contribution in [0.5, 0.6) is 17.2 Å². The maximum atomic E-state index is 13.7. The van der Waals surface area contributed by atoms with E-state index in [1.54, 1.807) is 19.1 Å². The van der Waals surface area contributed by atoms with Crippen LogP contribution in [-0.4, -0.2) is 92.5 Å². The fraction of sp³-hybridized carbons (Fsp3) is 0.588. The van der Waals surface area contributed by atoms with Gasteiger partial charge in [0.05, 0.1) is 27.4 Å². The van der Waals surface area contributed by atoms with E-state index in [9.17, 15) is 9.59 Å². The zero-order valence-corrected chi connectivity index (χ0v) is 27.4. The van der Waals surface area contributed by atoms with E-state index in [1.807, 2.05) is 48.8 Å². The average Bonchev–Trinajstić information content (AvgIpc) is 3.00. The monoisotopic (exact) mass is 610 g/mol. The van der Waals surface area contributed by atoms with Crippen LogP contribution in [0.25, 0.3) is 0 Å². The van der Waals surface area contributed by atoms with Crippen LogP contribution in [0, 0.1) is 0 Å². The Morgan fingerprint density at radius 2 is 1.59 bits per heavy atom. The first kappa shape index (κ1) is 33.2. The fourth-order valence-electron chi connectivity index (χ4n) is 5.54. The molecule has 2 aliphatic rings. The van der Waals surface area contributed by atoms with Crippen molar-refractivity contribution in [2.45, 2.75) is 72.1 Å². The van der Waals surface area contributed by atoms with Gasteiger partial charge in [-0.1, -0.05) is 31.9 Å². The Hall–Kier alpha value is -3.66. The van der Waals surface area contributed by atoms with Gasteiger partial charge in [-0.25, -0.2) is 9.59 Å². The minimum Gasteiger partial charge on any atom is -0.496 e. The minimum atomic E-state index is -0.495. The van der Waals surface area contributed by atoms with Gasteiger partial charge in [0.1, 0.15) is 11.4 Å². The predicted molar refractivity (Wildman–Crippen MR) is 172 cm³/mol. The number of carbonyl (C=O) groups excluding carboxylic acids is 2. The molecule has 0 spiro atoms. The Morgan fingerprint density at radius 3 is 2.27 bits per heavy atom. The van der Waals surface area contributed by atoms with Crippen molar-refractivity contribution < 1.29 is 28.5 Å². The van der Waals surface area contributed by atoms with E-state index in [4.69, 9.17) is 18.9 Å². The number of carbonyl (C=O) groups is 2. The van der Waals surface area contributed by atoms with Crippen LogP contribution in [0.3, 0.4) is 0 Å². The van der Waals surface area contributed by atoms with Gasteiger partial charge < -0.3 is 28.7 Å². The first-order chi connectivity index (χ1) is 21.1. The highest BCUT2D eigenvalue weighted by atomic mass is 16.6. The van der Waals surface area contributed by atoms with E-state index < -0.39 is 5.60 Å². The van der Waals surface area contributed by atoms with Gasteiger partial charge in [-0.15, -0.1) is 0 Å². The molecule has 10 nitrogen and oxygen atoms in total. The lowest BCUT2D eigenvalue weighted by Crippen LogP contribution is -2.49. The zero-order valence-electron chi connectivity index (χ0n) is 27.4. The summed E-state index contributed by atoms with van der Waals surface area (Å²) in [5, 5.41) is 0. The van der Waals surface area contributed by atoms with E-state index in [0.717, 1.165) is 67.9 Å². The van der Waals surface area contributed by atoms with Crippen LogP contribution in [0.15, 0.2) is 36.4 Å². The quantitative estimate of drug-likeness (QED) is 0.266. The topological polar surface area (TPSA) is 84.0 Å². The van der Waals surface area contributed by atoms with E-state index in [2.05, 4.69) is 30.0 Å². The number of hydrogen-bond donors (Lipinski definition) is 0. The second-order valence-electron chi connectivity index (χ2n) is 12.5. The molecular weight excluding hydrogens is 560 g/mol. The summed E-state index contributed by atoms with van der Waals surface area (Å²) in [5.74, 6) is 2.10. The Bertz CT molecular complexity index is 1250. The van der Waals surface area contributed by atoms with Gasteiger partial charge in [-0.3, -0.25) is 9.80 Å². The summed E-state index contributed by atoms with van der Waals surface area (Å²) >= 11 is 0. The molecule has 242 valence electrons. The second-order valence-corrected chi connectivity index (χ2v) is 12.5. The normalized spacial score (nSPS) is 16.2. The summed E-state index contributed by atoms with van der Waals surface area (Å²) in [6.45, 7) is 13.8. The average molecular weight is 611 g/mol. The smallest absolute Gasteiger partial charge is 0.410 e. The van der Waals surface area contributed by atoms with Crippen molar-refractivity contribution in [3.63, 3.8) is 0 Å². The summed E-state index contributed by atoms with van der Waals surface area (Å²) in [5.41, 5.74) is 2.41. The summed E-state index contributed by atoms with van der Waals surface area (Å²) in [7, 11) is 3.30. The maximum Gasteiger partial charge on any atom is 0.410 e. The highest BCUT2D eigenvalue weighted by Crippen LogP contribution is 2.34. The molecule has 44 heavy (non-hydrogen) atoms. The van der Waals surface area contributed by atoms with E-state index in [1.165, 1.54) is 0 Å². The van der Waals surface area contributed by atoms with Crippen LogP contribution >= 0.6 is 0 Å². The van der Waals surface area contributed by atoms with Gasteiger partial charge in [0.25, 0.3) is 0 Å². The SMILES string of the molecule is CCCCCOc1cc(N2CCCN(Cc3ccc(CN4CCN(C(=O)OC(C)(C)C)CC4)cc3OC)C2=O)ccc1OC. The van der Waals surface area contributed by atoms with E-state index >= 15 is 0 Å². The largest absolute Gasteiger partial charge is 0.496 e. The molecule has 0 saturated carbocycles. The molecule has 0 radical (unpaired) electrons. The number of urea groups is 1. The second kappa shape index (κ2) is 15.4. The van der Waals surface area contributed by atoms with Crippen molar-refractivity contribution in [3.8, 4) is 17.2 Å². The lowest BCUT2D eigenvalue weighted by atomic mass is 10.1. The van der Waals surface area contributed by atoms with Gasteiger partial charge in [-0.05, 0) is 57.4 Å². The number of anilines is 1. The summed E-state index contributed by atoms with van der Waals surface area (Å²) in [6.07, 6.45) is 3.82. The third kappa shape index (κ3) is 8.94. The molecular formula is C34H50N4O6. The molecule has 2 aromatic rings. The van der Waals surface area contributed by atoms with E-state index in [0.29, 0.717) is 50.8 Å². The van der Waals surface area contributed by atoms with Crippen LogP contribution in [0.1, 0.15) is 64.5 Å². The zero-order chi connectivity index (χ0) is 31.7. The lowest BCUT2D eigenvalue weighted by Gasteiger charge is -2.36. The number of benzene rings is 2. The Balaban J connectivity index is 1.37. The Kier molecular flexibility index (Phi) is 11.6. The molecule has 3 amide bonds. The molecule has 0 aromatic heterocycles. The molecule has 0 aliphatic carbocycles. The van der Waals surface area contributed by atoms with Gasteiger partial charge >= 0.3 is 12.1 Å². The van der Waals surface area contributed by atoms with Crippen LogP contribution in [0.4, 0.5) is 15.3 Å². The van der Waals surface area contributed by atoms with Gasteiger partial charge in [0.2, 0.25) is 0 Å². The van der Waals surface area contributed by atoms with Crippen LogP contribution in [-0.2, 0) is 17.8 Å². The first-order valence-electron chi connectivity index (χ1n) is 15.8. The van der Waals surface area contributed by atoms with Crippen molar-refractivity contribution >= 4 is 17.8 Å². The van der Waals surface area contributed by atoms with Crippen molar-refractivity contribution in [1.29, 1.82) is 0 Å². The highest BCUT2D eigenvalue weighted by molar-refractivity contribution is 5.93. The maximum absolute atomic E-state index is 13.7. The molecule has 4 rings (SSSR count). The Morgan fingerprint density at radius 1 is 0.841 bits per heavy atom. The number of piperazine rings is 1. The highest BCUT2D eigenvalue weighted by Gasteiger charge is 2.29.